The fourth-order valence-electron chi connectivity index (χ4n) is 2.92. The van der Waals surface area contributed by atoms with E-state index in [4.69, 9.17) is 0 Å². The molecule has 1 aliphatic rings. The molecule has 0 amide bonds. The number of nitrogens with one attached hydrogen (secondary N) is 1. The zero-order valence-corrected chi connectivity index (χ0v) is 14.3. The Labute approximate surface area is 143 Å². The van der Waals surface area contributed by atoms with Crippen LogP contribution in [0.2, 0.25) is 0 Å². The third-order valence-electron chi connectivity index (χ3n) is 4.09. The predicted molar refractivity (Wildman–Crippen MR) is 97.7 cm³/mol. The van der Waals surface area contributed by atoms with Crippen molar-refractivity contribution in [3.05, 3.63) is 77.2 Å². The van der Waals surface area contributed by atoms with Gasteiger partial charge in [0, 0.05) is 31.1 Å². The first-order chi connectivity index (χ1) is 11.6. The Morgan fingerprint density at radius 2 is 1.71 bits per heavy atom. The molecule has 0 aromatic heterocycles. The van der Waals surface area contributed by atoms with Crippen molar-refractivity contribution in [2.24, 2.45) is 0 Å². The van der Waals surface area contributed by atoms with Crippen LogP contribution in [0.5, 0.6) is 0 Å². The first-order valence-electron chi connectivity index (χ1n) is 8.12. The molecule has 1 N–H and O–H groups in total. The number of benzene rings is 2. The highest BCUT2D eigenvalue weighted by molar-refractivity contribution is 7.92. The van der Waals surface area contributed by atoms with Gasteiger partial charge in [0.25, 0.3) is 0 Å². The number of hydrogen-bond donors (Lipinski definition) is 1. The SMILES string of the molecule is O=S(=O)(/C=C/c1ccccc1)N[C@H]1CCN(Cc2ccccc2)C1. The minimum atomic E-state index is -3.42. The predicted octanol–water partition coefficient (Wildman–Crippen LogP) is 2.85. The first-order valence-corrected chi connectivity index (χ1v) is 9.67. The molecule has 0 radical (unpaired) electrons. The van der Waals surface area contributed by atoms with E-state index in [1.165, 1.54) is 11.0 Å². The maximum absolute atomic E-state index is 12.2. The molecule has 0 unspecified atom stereocenters. The van der Waals surface area contributed by atoms with E-state index >= 15 is 0 Å². The number of nitrogens with zero attached hydrogens (tertiary/aromatic N) is 1. The second kappa shape index (κ2) is 7.75. The van der Waals surface area contributed by atoms with Crippen molar-refractivity contribution in [2.75, 3.05) is 13.1 Å². The average molecular weight is 342 g/mol. The second-order valence-electron chi connectivity index (χ2n) is 6.08. The van der Waals surface area contributed by atoms with E-state index in [0.717, 1.165) is 31.6 Å². The van der Waals surface area contributed by atoms with Gasteiger partial charge in [-0.1, -0.05) is 60.7 Å². The van der Waals surface area contributed by atoms with E-state index in [1.807, 2.05) is 48.5 Å². The molecule has 1 fully saturated rings. The van der Waals surface area contributed by atoms with Gasteiger partial charge >= 0.3 is 0 Å². The average Bonchev–Trinajstić information content (AvgIpc) is 3.01. The topological polar surface area (TPSA) is 49.4 Å². The Hall–Kier alpha value is -1.95. The third kappa shape index (κ3) is 5.03. The van der Waals surface area contributed by atoms with Crippen molar-refractivity contribution in [3.63, 3.8) is 0 Å². The van der Waals surface area contributed by atoms with Crippen LogP contribution in [0.25, 0.3) is 6.08 Å². The molecule has 0 bridgehead atoms. The summed E-state index contributed by atoms with van der Waals surface area (Å²) in [5, 5.41) is 1.25. The van der Waals surface area contributed by atoms with Gasteiger partial charge < -0.3 is 0 Å². The zero-order valence-electron chi connectivity index (χ0n) is 13.5. The normalized spacial score (nSPS) is 19.1. The smallest absolute Gasteiger partial charge is 0.234 e. The summed E-state index contributed by atoms with van der Waals surface area (Å²) in [7, 11) is -3.42. The van der Waals surface area contributed by atoms with Crippen molar-refractivity contribution < 1.29 is 8.42 Å². The molecule has 1 aliphatic heterocycles. The Morgan fingerprint density at radius 1 is 1.04 bits per heavy atom. The highest BCUT2D eigenvalue weighted by Crippen LogP contribution is 2.14. The summed E-state index contributed by atoms with van der Waals surface area (Å²) in [5.74, 6) is 0. The standard InChI is InChI=1S/C19H22N2O2S/c22-24(23,14-12-17-7-3-1-4-8-17)20-19-11-13-21(16-19)15-18-9-5-2-6-10-18/h1-10,12,14,19-20H,11,13,15-16H2/b14-12+/t19-/m0/s1. The maximum atomic E-state index is 12.2. The monoisotopic (exact) mass is 342 g/mol. The summed E-state index contributed by atoms with van der Waals surface area (Å²) < 4.78 is 27.2. The van der Waals surface area contributed by atoms with Crippen LogP contribution in [0.15, 0.2) is 66.1 Å². The van der Waals surface area contributed by atoms with Crippen LogP contribution in [0.3, 0.4) is 0 Å². The number of rotatable bonds is 6. The van der Waals surface area contributed by atoms with Gasteiger partial charge in [-0.3, -0.25) is 4.90 Å². The maximum Gasteiger partial charge on any atom is 0.234 e. The second-order valence-corrected chi connectivity index (χ2v) is 7.68. The van der Waals surface area contributed by atoms with E-state index in [2.05, 4.69) is 21.8 Å². The molecular weight excluding hydrogens is 320 g/mol. The highest BCUT2D eigenvalue weighted by atomic mass is 32.2. The molecule has 4 nitrogen and oxygen atoms in total. The minimum absolute atomic E-state index is 0.0286. The van der Waals surface area contributed by atoms with E-state index < -0.39 is 10.0 Å². The van der Waals surface area contributed by atoms with Crippen LogP contribution in [0.1, 0.15) is 17.5 Å². The molecule has 1 heterocycles. The Morgan fingerprint density at radius 3 is 2.42 bits per heavy atom. The van der Waals surface area contributed by atoms with Crippen molar-refractivity contribution in [1.82, 2.24) is 9.62 Å². The van der Waals surface area contributed by atoms with Crippen molar-refractivity contribution in [1.29, 1.82) is 0 Å². The molecular formula is C19H22N2O2S. The van der Waals surface area contributed by atoms with Crippen LogP contribution in [-0.2, 0) is 16.6 Å². The van der Waals surface area contributed by atoms with E-state index in [9.17, 15) is 8.42 Å². The molecule has 1 atom stereocenters. The summed E-state index contributed by atoms with van der Waals surface area (Å²) in [5.41, 5.74) is 2.13. The van der Waals surface area contributed by atoms with Gasteiger partial charge in [-0.25, -0.2) is 13.1 Å². The lowest BCUT2D eigenvalue weighted by molar-refractivity contribution is 0.325. The molecule has 0 aliphatic carbocycles. The zero-order chi connectivity index (χ0) is 16.8. The number of hydrogen-bond acceptors (Lipinski definition) is 3. The first kappa shape index (κ1) is 16.9. The summed E-state index contributed by atoms with van der Waals surface area (Å²) >= 11 is 0. The summed E-state index contributed by atoms with van der Waals surface area (Å²) in [4.78, 5) is 2.28. The molecule has 3 rings (SSSR count). The fourth-order valence-corrected chi connectivity index (χ4v) is 3.99. The summed E-state index contributed by atoms with van der Waals surface area (Å²) in [6.07, 6.45) is 2.46. The highest BCUT2D eigenvalue weighted by Gasteiger charge is 2.25. The Bertz CT molecular complexity index is 774. The molecule has 0 saturated carbocycles. The number of likely N-dealkylation sites (tertiary alicyclic amines) is 1. The van der Waals surface area contributed by atoms with Gasteiger partial charge in [0.05, 0.1) is 0 Å². The fraction of sp³-hybridized carbons (Fsp3) is 0.263. The lowest BCUT2D eigenvalue weighted by Crippen LogP contribution is -2.35. The van der Waals surface area contributed by atoms with Crippen molar-refractivity contribution in [2.45, 2.75) is 19.0 Å². The molecule has 5 heteroatoms. The largest absolute Gasteiger partial charge is 0.297 e. The molecule has 2 aromatic carbocycles. The molecule has 24 heavy (non-hydrogen) atoms. The van der Waals surface area contributed by atoms with Crippen molar-refractivity contribution in [3.8, 4) is 0 Å². The van der Waals surface area contributed by atoms with Gasteiger partial charge in [0.1, 0.15) is 0 Å². The van der Waals surface area contributed by atoms with Gasteiger partial charge in [-0.15, -0.1) is 0 Å². The molecule has 2 aromatic rings. The quantitative estimate of drug-likeness (QED) is 0.878. The lowest BCUT2D eigenvalue weighted by Gasteiger charge is -2.16. The van der Waals surface area contributed by atoms with Crippen LogP contribution < -0.4 is 4.72 Å². The molecule has 126 valence electrons. The van der Waals surface area contributed by atoms with Gasteiger partial charge in [-0.2, -0.15) is 0 Å². The van der Waals surface area contributed by atoms with E-state index in [0.29, 0.717) is 0 Å². The number of sulfonamides is 1. The summed E-state index contributed by atoms with van der Waals surface area (Å²) in [6, 6.07) is 19.7. The Balaban J connectivity index is 1.53. The minimum Gasteiger partial charge on any atom is -0.297 e. The van der Waals surface area contributed by atoms with Gasteiger partial charge in [0.15, 0.2) is 0 Å². The molecule has 1 saturated heterocycles. The van der Waals surface area contributed by atoms with E-state index in [-0.39, 0.29) is 6.04 Å². The summed E-state index contributed by atoms with van der Waals surface area (Å²) in [6.45, 7) is 2.51. The third-order valence-corrected chi connectivity index (χ3v) is 5.25. The molecule has 0 spiro atoms. The Kier molecular flexibility index (Phi) is 5.45. The van der Waals surface area contributed by atoms with Crippen molar-refractivity contribution >= 4 is 16.1 Å². The van der Waals surface area contributed by atoms with Gasteiger partial charge in [-0.05, 0) is 23.6 Å². The van der Waals surface area contributed by atoms with Crippen LogP contribution >= 0.6 is 0 Å². The van der Waals surface area contributed by atoms with Crippen LogP contribution in [-0.4, -0.2) is 32.4 Å². The van der Waals surface area contributed by atoms with Gasteiger partial charge in [0.2, 0.25) is 10.0 Å². The lowest BCUT2D eigenvalue weighted by atomic mass is 10.2. The van der Waals surface area contributed by atoms with Crippen LogP contribution in [0, 0.1) is 0 Å². The van der Waals surface area contributed by atoms with E-state index in [1.54, 1.807) is 6.08 Å². The van der Waals surface area contributed by atoms with Crippen LogP contribution in [0.4, 0.5) is 0 Å².